The van der Waals surface area contributed by atoms with Gasteiger partial charge in [0.2, 0.25) is 0 Å². The van der Waals surface area contributed by atoms with Crippen molar-refractivity contribution in [3.8, 4) is 11.3 Å². The summed E-state index contributed by atoms with van der Waals surface area (Å²) in [7, 11) is 0. The number of carbonyl (C=O) groups is 2. The zero-order valence-corrected chi connectivity index (χ0v) is 19.1. The van der Waals surface area contributed by atoms with Crippen LogP contribution in [0.4, 0.5) is 13.2 Å². The molecule has 2 amide bonds. The number of nitrogens with zero attached hydrogens (tertiary/aromatic N) is 4. The molecular weight excluding hydrogens is 469 g/mol. The highest BCUT2D eigenvalue weighted by Crippen LogP contribution is 2.30. The van der Waals surface area contributed by atoms with Crippen LogP contribution < -0.4 is 0 Å². The van der Waals surface area contributed by atoms with E-state index in [4.69, 9.17) is 4.98 Å². The van der Waals surface area contributed by atoms with Crippen LogP contribution in [0.25, 0.3) is 22.2 Å². The van der Waals surface area contributed by atoms with Gasteiger partial charge in [-0.05, 0) is 42.5 Å². The molecule has 0 bridgehead atoms. The lowest BCUT2D eigenvalue weighted by molar-refractivity contribution is -0.137. The Balaban J connectivity index is 1.36. The van der Waals surface area contributed by atoms with E-state index < -0.39 is 17.6 Å². The molecule has 6 nitrogen and oxygen atoms in total. The van der Waals surface area contributed by atoms with Gasteiger partial charge in [0.05, 0.1) is 22.3 Å². The first-order valence-electron chi connectivity index (χ1n) is 11.4. The van der Waals surface area contributed by atoms with Crippen molar-refractivity contribution in [2.24, 2.45) is 0 Å². The van der Waals surface area contributed by atoms with Crippen LogP contribution in [0.5, 0.6) is 0 Å². The van der Waals surface area contributed by atoms with Crippen LogP contribution >= 0.6 is 0 Å². The number of pyridine rings is 2. The molecule has 0 radical (unpaired) electrons. The molecule has 0 N–H and O–H groups in total. The molecule has 1 aliphatic heterocycles. The maximum absolute atomic E-state index is 13.6. The van der Waals surface area contributed by atoms with Crippen molar-refractivity contribution in [1.82, 2.24) is 19.8 Å². The third kappa shape index (κ3) is 4.64. The van der Waals surface area contributed by atoms with E-state index in [2.05, 4.69) is 4.98 Å². The predicted molar refractivity (Wildman–Crippen MR) is 128 cm³/mol. The Bertz CT molecular complexity index is 1430. The number of hydrogen-bond donors (Lipinski definition) is 0. The van der Waals surface area contributed by atoms with E-state index in [9.17, 15) is 22.8 Å². The van der Waals surface area contributed by atoms with Crippen molar-refractivity contribution in [3.63, 3.8) is 0 Å². The summed E-state index contributed by atoms with van der Waals surface area (Å²) in [5, 5.41) is 0.725. The maximum atomic E-state index is 13.6. The second kappa shape index (κ2) is 9.41. The van der Waals surface area contributed by atoms with E-state index in [-0.39, 0.29) is 37.6 Å². The van der Waals surface area contributed by atoms with Gasteiger partial charge in [0.25, 0.3) is 11.8 Å². The lowest BCUT2D eigenvalue weighted by atomic mass is 10.0. The summed E-state index contributed by atoms with van der Waals surface area (Å²) in [6, 6.07) is 17.2. The summed E-state index contributed by atoms with van der Waals surface area (Å²) in [6.07, 6.45) is -1.20. The molecule has 182 valence electrons. The highest BCUT2D eigenvalue weighted by molar-refractivity contribution is 6.07. The van der Waals surface area contributed by atoms with Crippen molar-refractivity contribution < 1.29 is 22.8 Å². The average molecular weight is 490 g/mol. The summed E-state index contributed by atoms with van der Waals surface area (Å²) in [6.45, 7) is 0.984. The lowest BCUT2D eigenvalue weighted by Gasteiger charge is -2.35. The fourth-order valence-electron chi connectivity index (χ4n) is 4.32. The van der Waals surface area contributed by atoms with Gasteiger partial charge < -0.3 is 9.80 Å². The van der Waals surface area contributed by atoms with Gasteiger partial charge in [-0.1, -0.05) is 24.3 Å². The molecule has 4 aromatic rings. The van der Waals surface area contributed by atoms with E-state index in [0.29, 0.717) is 16.8 Å². The molecule has 0 saturated carbocycles. The molecule has 5 rings (SSSR count). The molecule has 2 aromatic heterocycles. The maximum Gasteiger partial charge on any atom is 0.416 e. The first-order valence-corrected chi connectivity index (χ1v) is 11.4. The first kappa shape index (κ1) is 23.5. The van der Waals surface area contributed by atoms with E-state index >= 15 is 0 Å². The molecule has 9 heteroatoms. The Morgan fingerprint density at radius 2 is 1.44 bits per heavy atom. The normalized spacial score (nSPS) is 14.2. The minimum atomic E-state index is -4.52. The molecule has 1 aliphatic rings. The Labute approximate surface area is 205 Å². The number of hydrogen-bond acceptors (Lipinski definition) is 4. The third-order valence-corrected chi connectivity index (χ3v) is 6.21. The molecule has 36 heavy (non-hydrogen) atoms. The smallest absolute Gasteiger partial charge is 0.335 e. The molecule has 0 unspecified atom stereocenters. The van der Waals surface area contributed by atoms with Crippen LogP contribution in [0.3, 0.4) is 0 Å². The number of rotatable bonds is 3. The first-order chi connectivity index (χ1) is 17.3. The highest BCUT2D eigenvalue weighted by atomic mass is 19.4. The highest BCUT2D eigenvalue weighted by Gasteiger charge is 2.32. The van der Waals surface area contributed by atoms with Gasteiger partial charge in [0.15, 0.2) is 0 Å². The summed E-state index contributed by atoms with van der Waals surface area (Å²) in [5.74, 6) is -0.669. The van der Waals surface area contributed by atoms with Crippen LogP contribution in [0.15, 0.2) is 79.1 Å². The molecule has 1 saturated heterocycles. The quantitative estimate of drug-likeness (QED) is 0.409. The van der Waals surface area contributed by atoms with E-state index in [1.54, 1.807) is 23.4 Å². The molecule has 0 aliphatic carbocycles. The Kier molecular flexibility index (Phi) is 6.13. The van der Waals surface area contributed by atoms with Gasteiger partial charge in [-0.15, -0.1) is 0 Å². The Hall–Kier alpha value is -4.27. The van der Waals surface area contributed by atoms with Gasteiger partial charge in [0, 0.05) is 55.1 Å². The van der Waals surface area contributed by atoms with Crippen LogP contribution in [-0.2, 0) is 6.18 Å². The average Bonchev–Trinajstić information content (AvgIpc) is 2.92. The van der Waals surface area contributed by atoms with Gasteiger partial charge >= 0.3 is 6.18 Å². The van der Waals surface area contributed by atoms with Crippen molar-refractivity contribution >= 4 is 22.7 Å². The third-order valence-electron chi connectivity index (χ3n) is 6.21. The van der Waals surface area contributed by atoms with Crippen LogP contribution in [-0.4, -0.2) is 57.8 Å². The molecule has 0 spiro atoms. The minimum absolute atomic E-state index is 0.0216. The van der Waals surface area contributed by atoms with Crippen molar-refractivity contribution in [1.29, 1.82) is 0 Å². The summed E-state index contributed by atoms with van der Waals surface area (Å²) < 4.78 is 39.1. The number of carbonyl (C=O) groups excluding carboxylic acids is 2. The Morgan fingerprint density at radius 3 is 2.14 bits per heavy atom. The van der Waals surface area contributed by atoms with Crippen molar-refractivity contribution in [2.45, 2.75) is 6.18 Å². The number of piperazine rings is 1. The van der Waals surface area contributed by atoms with Gasteiger partial charge in [0.1, 0.15) is 0 Å². The second-order valence-corrected chi connectivity index (χ2v) is 8.47. The molecule has 3 heterocycles. The van der Waals surface area contributed by atoms with E-state index in [1.165, 1.54) is 17.0 Å². The summed E-state index contributed by atoms with van der Waals surface area (Å²) in [4.78, 5) is 38.3. The van der Waals surface area contributed by atoms with Gasteiger partial charge in [-0.2, -0.15) is 13.2 Å². The summed E-state index contributed by atoms with van der Waals surface area (Å²) >= 11 is 0. The van der Waals surface area contributed by atoms with Crippen LogP contribution in [0.2, 0.25) is 0 Å². The van der Waals surface area contributed by atoms with E-state index in [1.807, 2.05) is 36.4 Å². The number of fused-ring (bicyclic) bond motifs is 1. The lowest BCUT2D eigenvalue weighted by Crippen LogP contribution is -2.50. The van der Waals surface area contributed by atoms with Crippen molar-refractivity contribution in [3.05, 3.63) is 95.8 Å². The van der Waals surface area contributed by atoms with Crippen LogP contribution in [0.1, 0.15) is 26.3 Å². The van der Waals surface area contributed by atoms with Gasteiger partial charge in [-0.25, -0.2) is 4.98 Å². The second-order valence-electron chi connectivity index (χ2n) is 8.47. The topological polar surface area (TPSA) is 66.4 Å². The number of halogens is 3. The number of amides is 2. The zero-order chi connectivity index (χ0) is 25.3. The monoisotopic (exact) mass is 490 g/mol. The number of alkyl halides is 3. The fourth-order valence-corrected chi connectivity index (χ4v) is 4.32. The molecule has 1 fully saturated rings. The number of benzene rings is 2. The van der Waals surface area contributed by atoms with E-state index in [0.717, 1.165) is 23.1 Å². The molecule has 2 aromatic carbocycles. The largest absolute Gasteiger partial charge is 0.416 e. The number of para-hydroxylation sites is 1. The summed E-state index contributed by atoms with van der Waals surface area (Å²) in [5.41, 5.74) is 1.79. The van der Waals surface area contributed by atoms with Crippen molar-refractivity contribution in [2.75, 3.05) is 26.2 Å². The fraction of sp³-hybridized carbons (Fsp3) is 0.185. The molecular formula is C27H21F3N4O2. The standard InChI is InChI=1S/C27H21F3N4O2/c28-27(29,30)20-5-3-4-19(16-20)25(35)33-12-14-34(15-13-33)26(36)22-17-24(18-8-10-31-11-9-18)32-23-7-2-1-6-21(22)23/h1-11,16-17H,12-15H2. The SMILES string of the molecule is O=C(c1cccc(C(F)(F)F)c1)N1CCN(C(=O)c2cc(-c3ccncc3)nc3ccccc23)CC1. The van der Waals surface area contributed by atoms with Gasteiger partial charge in [-0.3, -0.25) is 14.6 Å². The minimum Gasteiger partial charge on any atom is -0.335 e. The molecule has 0 atom stereocenters. The Morgan fingerprint density at radius 1 is 0.778 bits per heavy atom. The zero-order valence-electron chi connectivity index (χ0n) is 19.1. The predicted octanol–water partition coefficient (Wildman–Crippen LogP) is 4.91. The van der Waals surface area contributed by atoms with Crippen LogP contribution in [0, 0.1) is 0 Å². The number of aromatic nitrogens is 2.